The molecule has 0 bridgehead atoms. The molecule has 0 saturated carbocycles. The molecular formula is C21H25N5O4. The molecule has 0 aliphatic carbocycles. The second kappa shape index (κ2) is 8.17. The summed E-state index contributed by atoms with van der Waals surface area (Å²) in [6, 6.07) is 6.97. The Morgan fingerprint density at radius 1 is 1.30 bits per heavy atom. The number of carbonyl (C=O) groups is 2. The molecule has 2 amide bonds. The zero-order valence-electron chi connectivity index (χ0n) is 17.0. The van der Waals surface area contributed by atoms with Crippen molar-refractivity contribution in [3.8, 4) is 5.75 Å². The first kappa shape index (κ1) is 19.9. The van der Waals surface area contributed by atoms with Crippen molar-refractivity contribution in [2.45, 2.75) is 32.1 Å². The van der Waals surface area contributed by atoms with Gasteiger partial charge in [0.05, 0.1) is 24.3 Å². The van der Waals surface area contributed by atoms with E-state index in [-0.39, 0.29) is 23.7 Å². The van der Waals surface area contributed by atoms with E-state index in [2.05, 4.69) is 27.5 Å². The van der Waals surface area contributed by atoms with Crippen LogP contribution >= 0.6 is 0 Å². The van der Waals surface area contributed by atoms with Crippen LogP contribution in [0.15, 0.2) is 29.1 Å². The number of piperidine rings is 1. The van der Waals surface area contributed by atoms with Crippen molar-refractivity contribution >= 4 is 29.3 Å². The maximum Gasteiger partial charge on any atom is 0.258 e. The molecule has 2 atom stereocenters. The van der Waals surface area contributed by atoms with Gasteiger partial charge in [-0.3, -0.25) is 19.4 Å². The Labute approximate surface area is 173 Å². The number of H-pyrrole nitrogens is 1. The van der Waals surface area contributed by atoms with Gasteiger partial charge in [0.25, 0.3) is 5.56 Å². The van der Waals surface area contributed by atoms with Crippen molar-refractivity contribution in [3.05, 3.63) is 40.2 Å². The number of methoxy groups -OCH3 is 1. The molecule has 3 N–H and O–H groups in total. The van der Waals surface area contributed by atoms with Gasteiger partial charge in [0.2, 0.25) is 17.8 Å². The molecule has 9 nitrogen and oxygen atoms in total. The van der Waals surface area contributed by atoms with Crippen molar-refractivity contribution < 1.29 is 14.3 Å². The Morgan fingerprint density at radius 3 is 2.87 bits per heavy atom. The van der Waals surface area contributed by atoms with Gasteiger partial charge in [-0.1, -0.05) is 19.1 Å². The van der Waals surface area contributed by atoms with Crippen LogP contribution in [0.4, 0.5) is 17.5 Å². The van der Waals surface area contributed by atoms with Crippen LogP contribution in [-0.2, 0) is 9.59 Å². The molecule has 3 heterocycles. The molecule has 9 heteroatoms. The number of aromatic amines is 1. The summed E-state index contributed by atoms with van der Waals surface area (Å²) in [7, 11) is 1.51. The summed E-state index contributed by atoms with van der Waals surface area (Å²) < 4.78 is 5.26. The quantitative estimate of drug-likeness (QED) is 0.709. The van der Waals surface area contributed by atoms with Gasteiger partial charge in [-0.15, -0.1) is 0 Å². The van der Waals surface area contributed by atoms with Gasteiger partial charge < -0.3 is 20.3 Å². The lowest BCUT2D eigenvalue weighted by Crippen LogP contribution is -2.40. The number of fused-ring (bicyclic) bond motifs is 1. The Bertz CT molecular complexity index is 1030. The molecular weight excluding hydrogens is 386 g/mol. The first-order chi connectivity index (χ1) is 14.5. The molecule has 1 aromatic heterocycles. The number of hydrogen-bond donors (Lipinski definition) is 3. The van der Waals surface area contributed by atoms with E-state index < -0.39 is 17.4 Å². The third-order valence-electron chi connectivity index (χ3n) is 5.58. The summed E-state index contributed by atoms with van der Waals surface area (Å²) in [4.78, 5) is 47.5. The molecule has 0 unspecified atom stereocenters. The Kier molecular flexibility index (Phi) is 5.43. The number of nitrogens with one attached hydrogen (secondary N) is 3. The third-order valence-corrected chi connectivity index (χ3v) is 5.58. The highest BCUT2D eigenvalue weighted by atomic mass is 16.5. The lowest BCUT2D eigenvalue weighted by Gasteiger charge is -2.32. The molecule has 1 fully saturated rings. The highest BCUT2D eigenvalue weighted by Gasteiger charge is 2.35. The molecule has 1 saturated heterocycles. The van der Waals surface area contributed by atoms with E-state index in [0.29, 0.717) is 23.3 Å². The van der Waals surface area contributed by atoms with Crippen LogP contribution in [0.1, 0.15) is 37.7 Å². The Morgan fingerprint density at radius 2 is 2.10 bits per heavy atom. The maximum atomic E-state index is 13.0. The van der Waals surface area contributed by atoms with Crippen LogP contribution in [0, 0.1) is 5.92 Å². The van der Waals surface area contributed by atoms with E-state index in [1.807, 2.05) is 4.90 Å². The molecule has 1 aromatic carbocycles. The molecule has 158 valence electrons. The highest BCUT2D eigenvalue weighted by molar-refractivity contribution is 6.04. The smallest absolute Gasteiger partial charge is 0.258 e. The molecule has 2 aliphatic rings. The maximum absolute atomic E-state index is 13.0. The van der Waals surface area contributed by atoms with Crippen LogP contribution in [0.5, 0.6) is 5.75 Å². The average molecular weight is 411 g/mol. The standard InChI is InChI=1S/C21H25N5O4/c1-12-6-5-9-26(11-12)21-24-18-17(20(29)25-21)13(10-16(27)23-18)19(28)22-14-7-3-4-8-15(14)30-2/h3-4,7-8,12-13H,5-6,9-11H2,1-2H3,(H,22,28)(H2,23,24,25,27,29)/t12-,13+/m1/s1. The summed E-state index contributed by atoms with van der Waals surface area (Å²) in [5.41, 5.74) is 0.241. The third kappa shape index (κ3) is 3.87. The van der Waals surface area contributed by atoms with Gasteiger partial charge in [-0.25, -0.2) is 0 Å². The number of rotatable bonds is 4. The van der Waals surface area contributed by atoms with Crippen LogP contribution in [0.3, 0.4) is 0 Å². The topological polar surface area (TPSA) is 116 Å². The predicted octanol–water partition coefficient (Wildman–Crippen LogP) is 2.08. The SMILES string of the molecule is COc1ccccc1NC(=O)[C@H]1CC(=O)Nc2nc(N3CCC[C@@H](C)C3)[nH]c(=O)c21. The highest BCUT2D eigenvalue weighted by Crippen LogP contribution is 2.32. The van der Waals surface area contributed by atoms with Gasteiger partial charge in [-0.2, -0.15) is 4.98 Å². The number of hydrogen-bond acceptors (Lipinski definition) is 6. The van der Waals surface area contributed by atoms with Crippen LogP contribution in [-0.4, -0.2) is 42.0 Å². The Balaban J connectivity index is 1.65. The number of ether oxygens (including phenoxy) is 1. The zero-order valence-corrected chi connectivity index (χ0v) is 17.0. The molecule has 2 aromatic rings. The van der Waals surface area contributed by atoms with Gasteiger partial charge >= 0.3 is 0 Å². The summed E-state index contributed by atoms with van der Waals surface area (Å²) in [5.74, 6) is -0.174. The minimum atomic E-state index is -0.941. The van der Waals surface area contributed by atoms with Crippen LogP contribution < -0.4 is 25.8 Å². The summed E-state index contributed by atoms with van der Waals surface area (Å²) in [6.07, 6.45) is 2.02. The van der Waals surface area contributed by atoms with Gasteiger partial charge in [0.1, 0.15) is 11.6 Å². The fourth-order valence-electron chi connectivity index (χ4n) is 4.08. The average Bonchev–Trinajstić information content (AvgIpc) is 2.73. The van der Waals surface area contributed by atoms with E-state index >= 15 is 0 Å². The minimum absolute atomic E-state index is 0.126. The normalized spacial score (nSPS) is 20.9. The van der Waals surface area contributed by atoms with Crippen molar-refractivity contribution in [1.29, 1.82) is 0 Å². The van der Waals surface area contributed by atoms with E-state index in [1.165, 1.54) is 7.11 Å². The van der Waals surface area contributed by atoms with E-state index in [0.717, 1.165) is 25.9 Å². The second-order valence-electron chi connectivity index (χ2n) is 7.84. The fraction of sp³-hybridized carbons (Fsp3) is 0.429. The monoisotopic (exact) mass is 411 g/mol. The predicted molar refractivity (Wildman–Crippen MR) is 113 cm³/mol. The number of benzene rings is 1. The summed E-state index contributed by atoms with van der Waals surface area (Å²) in [6.45, 7) is 3.73. The van der Waals surface area contributed by atoms with Crippen molar-refractivity contribution in [2.24, 2.45) is 5.92 Å². The van der Waals surface area contributed by atoms with Crippen LogP contribution in [0.2, 0.25) is 0 Å². The first-order valence-corrected chi connectivity index (χ1v) is 10.1. The first-order valence-electron chi connectivity index (χ1n) is 10.1. The largest absolute Gasteiger partial charge is 0.495 e. The zero-order chi connectivity index (χ0) is 21.3. The van der Waals surface area contributed by atoms with Crippen molar-refractivity contribution in [3.63, 3.8) is 0 Å². The van der Waals surface area contributed by atoms with Crippen molar-refractivity contribution in [2.75, 3.05) is 35.7 Å². The molecule has 4 rings (SSSR count). The second-order valence-corrected chi connectivity index (χ2v) is 7.84. The number of carbonyl (C=O) groups excluding carboxylic acids is 2. The number of nitrogens with zero attached hydrogens (tertiary/aromatic N) is 2. The lowest BCUT2D eigenvalue weighted by atomic mass is 9.92. The van der Waals surface area contributed by atoms with Crippen LogP contribution in [0.25, 0.3) is 0 Å². The molecule has 30 heavy (non-hydrogen) atoms. The summed E-state index contributed by atoms with van der Waals surface area (Å²) in [5, 5.41) is 5.43. The van der Waals surface area contributed by atoms with Gasteiger partial charge in [0, 0.05) is 19.5 Å². The van der Waals surface area contributed by atoms with E-state index in [9.17, 15) is 14.4 Å². The number of aromatic nitrogens is 2. The number of amides is 2. The van der Waals surface area contributed by atoms with Gasteiger partial charge in [-0.05, 0) is 30.9 Å². The van der Waals surface area contributed by atoms with E-state index in [1.54, 1.807) is 24.3 Å². The van der Waals surface area contributed by atoms with Crippen molar-refractivity contribution in [1.82, 2.24) is 9.97 Å². The number of anilines is 3. The Hall–Kier alpha value is -3.36. The van der Waals surface area contributed by atoms with E-state index in [4.69, 9.17) is 4.74 Å². The van der Waals surface area contributed by atoms with Gasteiger partial charge in [0.15, 0.2) is 0 Å². The summed E-state index contributed by atoms with van der Waals surface area (Å²) >= 11 is 0. The molecule has 0 radical (unpaired) electrons. The molecule has 2 aliphatic heterocycles. The molecule has 0 spiro atoms. The lowest BCUT2D eigenvalue weighted by molar-refractivity contribution is -0.123. The fourth-order valence-corrected chi connectivity index (χ4v) is 4.08. The minimum Gasteiger partial charge on any atom is -0.495 e. The number of para-hydroxylation sites is 2.